The van der Waals surface area contributed by atoms with E-state index in [1.54, 1.807) is 12.1 Å². The van der Waals surface area contributed by atoms with Gasteiger partial charge in [0, 0.05) is 14.0 Å². The standard InChI is InChI=1S/C12H12N2O3S/c1-7(15)13-12-14(2)9-5-4-8(11(16)17-3)6-10(9)18-12/h4-6H,1-3H3. The lowest BCUT2D eigenvalue weighted by atomic mass is 10.2. The van der Waals surface area contributed by atoms with Crippen LogP contribution in [0.4, 0.5) is 0 Å². The number of amides is 1. The zero-order chi connectivity index (χ0) is 13.3. The number of ether oxygens (including phenoxy) is 1. The molecule has 6 heteroatoms. The molecule has 1 aromatic carbocycles. The fourth-order valence-corrected chi connectivity index (χ4v) is 2.72. The number of carbonyl (C=O) groups is 2. The Morgan fingerprint density at radius 2 is 2.11 bits per heavy atom. The van der Waals surface area contributed by atoms with Crippen molar-refractivity contribution in [2.45, 2.75) is 6.92 Å². The summed E-state index contributed by atoms with van der Waals surface area (Å²) in [5, 5.41) is 0. The molecule has 0 aliphatic carbocycles. The van der Waals surface area contributed by atoms with Gasteiger partial charge >= 0.3 is 5.97 Å². The van der Waals surface area contributed by atoms with Crippen LogP contribution in [0, 0.1) is 0 Å². The fraction of sp³-hybridized carbons (Fsp3) is 0.250. The number of hydrogen-bond donors (Lipinski definition) is 0. The summed E-state index contributed by atoms with van der Waals surface area (Å²) in [5.41, 5.74) is 1.41. The summed E-state index contributed by atoms with van der Waals surface area (Å²) in [4.78, 5) is 27.0. The van der Waals surface area contributed by atoms with Crippen molar-refractivity contribution in [2.75, 3.05) is 7.11 Å². The Hall–Kier alpha value is -1.95. The first-order chi connectivity index (χ1) is 8.52. The van der Waals surface area contributed by atoms with Crippen molar-refractivity contribution in [2.24, 2.45) is 12.0 Å². The van der Waals surface area contributed by atoms with Gasteiger partial charge < -0.3 is 9.30 Å². The number of fused-ring (bicyclic) bond motifs is 1. The van der Waals surface area contributed by atoms with Gasteiger partial charge in [-0.1, -0.05) is 11.3 Å². The zero-order valence-corrected chi connectivity index (χ0v) is 11.1. The first kappa shape index (κ1) is 12.5. The molecule has 0 aliphatic rings. The molecule has 0 radical (unpaired) electrons. The van der Waals surface area contributed by atoms with Gasteiger partial charge in [0.1, 0.15) is 0 Å². The molecule has 1 heterocycles. The van der Waals surface area contributed by atoms with Gasteiger partial charge in [-0.2, -0.15) is 4.99 Å². The Morgan fingerprint density at radius 1 is 1.39 bits per heavy atom. The lowest BCUT2D eigenvalue weighted by Gasteiger charge is -1.99. The highest BCUT2D eigenvalue weighted by atomic mass is 32.1. The summed E-state index contributed by atoms with van der Waals surface area (Å²) in [5.74, 6) is -0.622. The molecule has 0 atom stereocenters. The van der Waals surface area contributed by atoms with Gasteiger partial charge in [-0.15, -0.1) is 0 Å². The molecule has 1 amide bonds. The van der Waals surface area contributed by atoms with Crippen LogP contribution >= 0.6 is 11.3 Å². The maximum atomic E-state index is 11.4. The minimum atomic E-state index is -0.377. The molecule has 2 rings (SSSR count). The highest BCUT2D eigenvalue weighted by Crippen LogP contribution is 2.18. The molecule has 0 fully saturated rings. The first-order valence-corrected chi connectivity index (χ1v) is 6.08. The predicted molar refractivity (Wildman–Crippen MR) is 68.4 cm³/mol. The van der Waals surface area contributed by atoms with E-state index in [2.05, 4.69) is 9.73 Å². The molecule has 0 spiro atoms. The van der Waals surface area contributed by atoms with E-state index in [0.29, 0.717) is 10.4 Å². The van der Waals surface area contributed by atoms with Crippen LogP contribution in [-0.2, 0) is 16.6 Å². The van der Waals surface area contributed by atoms with Crippen molar-refractivity contribution >= 4 is 33.4 Å². The number of benzene rings is 1. The molecule has 0 aliphatic heterocycles. The SMILES string of the molecule is COC(=O)c1ccc2c(c1)sc(=NC(C)=O)n2C. The summed E-state index contributed by atoms with van der Waals surface area (Å²) in [6.45, 7) is 1.41. The number of thiazole rings is 1. The monoisotopic (exact) mass is 264 g/mol. The van der Waals surface area contributed by atoms with Crippen LogP contribution in [0.1, 0.15) is 17.3 Å². The Labute approximate surface area is 107 Å². The second kappa shape index (κ2) is 4.73. The molecule has 0 bridgehead atoms. The normalized spacial score (nSPS) is 11.8. The maximum Gasteiger partial charge on any atom is 0.337 e. The average Bonchev–Trinajstić information content (AvgIpc) is 2.64. The Kier molecular flexibility index (Phi) is 3.29. The molecule has 18 heavy (non-hydrogen) atoms. The second-order valence-electron chi connectivity index (χ2n) is 3.75. The Balaban J connectivity index is 2.66. The third kappa shape index (κ3) is 2.19. The number of nitrogens with zero attached hydrogens (tertiary/aromatic N) is 2. The van der Waals surface area contributed by atoms with Crippen LogP contribution in [0.3, 0.4) is 0 Å². The van der Waals surface area contributed by atoms with Crippen molar-refractivity contribution in [1.29, 1.82) is 0 Å². The lowest BCUT2D eigenvalue weighted by Crippen LogP contribution is -2.11. The van der Waals surface area contributed by atoms with Gasteiger partial charge in [0.2, 0.25) is 5.91 Å². The number of aryl methyl sites for hydroxylation is 1. The van der Waals surface area contributed by atoms with Crippen LogP contribution in [-0.4, -0.2) is 23.6 Å². The van der Waals surface area contributed by atoms with E-state index in [0.717, 1.165) is 10.2 Å². The summed E-state index contributed by atoms with van der Waals surface area (Å²) < 4.78 is 7.38. The third-order valence-electron chi connectivity index (χ3n) is 2.48. The highest BCUT2D eigenvalue weighted by Gasteiger charge is 2.09. The van der Waals surface area contributed by atoms with Gasteiger partial charge in [-0.25, -0.2) is 4.79 Å². The van der Waals surface area contributed by atoms with Crippen LogP contribution in [0.2, 0.25) is 0 Å². The van der Waals surface area contributed by atoms with Crippen molar-refractivity contribution < 1.29 is 14.3 Å². The highest BCUT2D eigenvalue weighted by molar-refractivity contribution is 7.16. The van der Waals surface area contributed by atoms with E-state index in [-0.39, 0.29) is 11.9 Å². The predicted octanol–water partition coefficient (Wildman–Crippen LogP) is 1.47. The molecular formula is C12H12N2O3S. The van der Waals surface area contributed by atoms with Crippen molar-refractivity contribution in [3.05, 3.63) is 28.6 Å². The summed E-state index contributed by atoms with van der Waals surface area (Å²) in [7, 11) is 3.18. The molecular weight excluding hydrogens is 252 g/mol. The number of esters is 1. The summed E-state index contributed by atoms with van der Waals surface area (Å²) in [6, 6.07) is 5.25. The molecule has 0 saturated carbocycles. The first-order valence-electron chi connectivity index (χ1n) is 5.26. The molecule has 2 aromatic rings. The van der Waals surface area contributed by atoms with E-state index in [4.69, 9.17) is 0 Å². The summed E-state index contributed by atoms with van der Waals surface area (Å²) in [6.07, 6.45) is 0. The van der Waals surface area contributed by atoms with Crippen molar-refractivity contribution in [1.82, 2.24) is 4.57 Å². The van der Waals surface area contributed by atoms with Crippen molar-refractivity contribution in [3.63, 3.8) is 0 Å². The second-order valence-corrected chi connectivity index (χ2v) is 4.76. The van der Waals surface area contributed by atoms with Crippen LogP contribution in [0.25, 0.3) is 10.2 Å². The van der Waals surface area contributed by atoms with Crippen molar-refractivity contribution in [3.8, 4) is 0 Å². The minimum Gasteiger partial charge on any atom is -0.465 e. The summed E-state index contributed by atoms with van der Waals surface area (Å²) >= 11 is 1.36. The molecule has 0 saturated heterocycles. The number of rotatable bonds is 1. The van der Waals surface area contributed by atoms with Crippen LogP contribution in [0.15, 0.2) is 23.2 Å². The quantitative estimate of drug-likeness (QED) is 0.733. The maximum absolute atomic E-state index is 11.4. The molecule has 0 unspecified atom stereocenters. The number of methoxy groups -OCH3 is 1. The molecule has 5 nitrogen and oxygen atoms in total. The van der Waals surface area contributed by atoms with Gasteiger partial charge in [0.05, 0.1) is 22.9 Å². The Bertz CT molecular complexity index is 697. The smallest absolute Gasteiger partial charge is 0.337 e. The molecule has 1 aromatic heterocycles. The molecule has 0 N–H and O–H groups in total. The van der Waals surface area contributed by atoms with E-state index >= 15 is 0 Å². The number of carbonyl (C=O) groups excluding carboxylic acids is 2. The third-order valence-corrected chi connectivity index (χ3v) is 3.58. The minimum absolute atomic E-state index is 0.245. The molecule has 94 valence electrons. The van der Waals surface area contributed by atoms with E-state index in [1.807, 2.05) is 17.7 Å². The topological polar surface area (TPSA) is 60.7 Å². The average molecular weight is 264 g/mol. The van der Waals surface area contributed by atoms with E-state index < -0.39 is 0 Å². The fourth-order valence-electron chi connectivity index (χ4n) is 1.62. The Morgan fingerprint density at radius 3 is 2.72 bits per heavy atom. The zero-order valence-electron chi connectivity index (χ0n) is 10.3. The van der Waals surface area contributed by atoms with E-state index in [9.17, 15) is 9.59 Å². The van der Waals surface area contributed by atoms with Gasteiger partial charge in [0.15, 0.2) is 4.80 Å². The largest absolute Gasteiger partial charge is 0.465 e. The van der Waals surface area contributed by atoms with Crippen LogP contribution in [0.5, 0.6) is 0 Å². The number of aromatic nitrogens is 1. The lowest BCUT2D eigenvalue weighted by molar-refractivity contribution is -0.116. The number of hydrogen-bond acceptors (Lipinski definition) is 4. The van der Waals surface area contributed by atoms with Crippen LogP contribution < -0.4 is 4.80 Å². The van der Waals surface area contributed by atoms with E-state index in [1.165, 1.54) is 25.4 Å². The van der Waals surface area contributed by atoms with Gasteiger partial charge in [-0.05, 0) is 18.2 Å². The van der Waals surface area contributed by atoms with Gasteiger partial charge in [-0.3, -0.25) is 4.79 Å². The van der Waals surface area contributed by atoms with Gasteiger partial charge in [0.25, 0.3) is 0 Å².